The third-order valence-corrected chi connectivity index (χ3v) is 4.81. The molecule has 1 aliphatic rings. The molecule has 1 atom stereocenters. The molecule has 2 aromatic rings. The van der Waals surface area contributed by atoms with Crippen LogP contribution in [0.4, 0.5) is 24.7 Å². The Labute approximate surface area is 144 Å². The number of hydrogen-bond donors (Lipinski definition) is 1. The van der Waals surface area contributed by atoms with E-state index in [1.165, 1.54) is 12.1 Å². The lowest BCUT2D eigenvalue weighted by atomic mass is 9.68. The van der Waals surface area contributed by atoms with Crippen LogP contribution in [-0.2, 0) is 5.41 Å². The molecule has 0 bridgehead atoms. The summed E-state index contributed by atoms with van der Waals surface area (Å²) >= 11 is 6.03. The van der Waals surface area contributed by atoms with Crippen LogP contribution in [-0.4, -0.2) is 11.2 Å². The van der Waals surface area contributed by atoms with E-state index in [0.29, 0.717) is 29.2 Å². The second-order valence-corrected chi connectivity index (χ2v) is 6.61. The number of anilines is 2. The lowest BCUT2D eigenvalue weighted by molar-refractivity contribution is -0.180. The molecule has 3 rings (SSSR count). The van der Waals surface area contributed by atoms with Gasteiger partial charge in [-0.3, -0.25) is 0 Å². The molecule has 0 saturated carbocycles. The summed E-state index contributed by atoms with van der Waals surface area (Å²) in [5, 5.41) is 3.34. The number of unbranched alkanes of at least 4 members (excludes halogenated alkanes) is 1. The smallest absolute Gasteiger partial charge is 0.340 e. The number of aryl methyl sites for hydroxylation is 1. The van der Waals surface area contributed by atoms with Gasteiger partial charge < -0.3 is 5.32 Å². The first-order valence-corrected chi connectivity index (χ1v) is 8.29. The van der Waals surface area contributed by atoms with Crippen LogP contribution in [0.25, 0.3) is 0 Å². The van der Waals surface area contributed by atoms with E-state index in [2.05, 4.69) is 10.3 Å². The van der Waals surface area contributed by atoms with Crippen LogP contribution in [0.2, 0.25) is 5.02 Å². The van der Waals surface area contributed by atoms with Crippen LogP contribution in [0.5, 0.6) is 0 Å². The van der Waals surface area contributed by atoms with E-state index in [4.69, 9.17) is 11.6 Å². The predicted octanol–water partition coefficient (Wildman–Crippen LogP) is 6.14. The van der Waals surface area contributed by atoms with Gasteiger partial charge in [0.1, 0.15) is 11.2 Å². The second kappa shape index (κ2) is 5.96. The standard InChI is InChI=1S/C18H18ClF3N2/c1-3-4-9-17(18(20,21)22)13-7-5-11(2)23-16(13)24-15-8-6-12(19)10-14(15)17/h5-8,10H,3-4,9H2,1-2H3,(H,23,24). The maximum absolute atomic E-state index is 14.4. The zero-order chi connectivity index (χ0) is 17.5. The van der Waals surface area contributed by atoms with Crippen LogP contribution in [0.3, 0.4) is 0 Å². The Morgan fingerprint density at radius 2 is 1.92 bits per heavy atom. The SMILES string of the molecule is CCCCC1(C(F)(F)F)c2cc(Cl)ccc2Nc2nc(C)ccc21. The Balaban J connectivity index is 2.35. The van der Waals surface area contributed by atoms with Crippen molar-refractivity contribution in [2.75, 3.05) is 5.32 Å². The summed E-state index contributed by atoms with van der Waals surface area (Å²) < 4.78 is 43.2. The molecule has 0 saturated heterocycles. The number of aromatic nitrogens is 1. The Morgan fingerprint density at radius 1 is 1.17 bits per heavy atom. The normalized spacial score (nSPS) is 19.4. The van der Waals surface area contributed by atoms with Crippen LogP contribution in [0, 0.1) is 6.92 Å². The molecule has 6 heteroatoms. The number of pyridine rings is 1. The van der Waals surface area contributed by atoms with Gasteiger partial charge in [0.15, 0.2) is 0 Å². The number of nitrogens with one attached hydrogen (secondary N) is 1. The fraction of sp³-hybridized carbons (Fsp3) is 0.389. The molecule has 128 valence electrons. The Bertz CT molecular complexity index is 773. The zero-order valence-electron chi connectivity index (χ0n) is 13.5. The van der Waals surface area contributed by atoms with E-state index in [-0.39, 0.29) is 23.4 Å². The Kier molecular flexibility index (Phi) is 4.24. The summed E-state index contributed by atoms with van der Waals surface area (Å²) in [6.07, 6.45) is -3.34. The van der Waals surface area contributed by atoms with Gasteiger partial charge in [-0.1, -0.05) is 37.4 Å². The maximum atomic E-state index is 14.4. The van der Waals surface area contributed by atoms with Crippen LogP contribution >= 0.6 is 11.6 Å². The van der Waals surface area contributed by atoms with Crippen molar-refractivity contribution in [1.82, 2.24) is 4.98 Å². The van der Waals surface area contributed by atoms with Crippen LogP contribution in [0.15, 0.2) is 30.3 Å². The summed E-state index contributed by atoms with van der Waals surface area (Å²) in [6.45, 7) is 3.65. The minimum atomic E-state index is -4.45. The van der Waals surface area contributed by atoms with E-state index in [0.717, 1.165) is 0 Å². The summed E-state index contributed by atoms with van der Waals surface area (Å²) in [5.74, 6) is 0.276. The number of halogens is 4. The molecular formula is C18H18ClF3N2. The van der Waals surface area contributed by atoms with Gasteiger partial charge in [0.05, 0.1) is 0 Å². The maximum Gasteiger partial charge on any atom is 0.402 e. The number of fused-ring (bicyclic) bond motifs is 2. The molecule has 0 radical (unpaired) electrons. The van der Waals surface area contributed by atoms with Crippen molar-refractivity contribution in [1.29, 1.82) is 0 Å². The topological polar surface area (TPSA) is 24.9 Å². The van der Waals surface area contributed by atoms with Gasteiger partial charge in [0.2, 0.25) is 0 Å². The Hall–Kier alpha value is -1.75. The van der Waals surface area contributed by atoms with Crippen molar-refractivity contribution in [2.24, 2.45) is 0 Å². The first-order chi connectivity index (χ1) is 11.3. The van der Waals surface area contributed by atoms with Gasteiger partial charge in [-0.05, 0) is 43.2 Å². The molecule has 0 fully saturated rings. The minimum absolute atomic E-state index is 0.0280. The third-order valence-electron chi connectivity index (χ3n) is 4.58. The lowest BCUT2D eigenvalue weighted by Gasteiger charge is -2.42. The second-order valence-electron chi connectivity index (χ2n) is 6.17. The predicted molar refractivity (Wildman–Crippen MR) is 90.1 cm³/mol. The molecule has 24 heavy (non-hydrogen) atoms. The van der Waals surface area contributed by atoms with E-state index >= 15 is 0 Å². The van der Waals surface area contributed by atoms with Gasteiger partial charge in [-0.25, -0.2) is 4.98 Å². The van der Waals surface area contributed by atoms with Gasteiger partial charge in [-0.15, -0.1) is 0 Å². The highest BCUT2D eigenvalue weighted by molar-refractivity contribution is 6.30. The van der Waals surface area contributed by atoms with E-state index in [1.807, 2.05) is 6.92 Å². The summed E-state index contributed by atoms with van der Waals surface area (Å²) in [7, 11) is 0. The van der Waals surface area contributed by atoms with Crippen molar-refractivity contribution in [3.8, 4) is 0 Å². The average molecular weight is 355 g/mol. The van der Waals surface area contributed by atoms with Gasteiger partial charge in [-0.2, -0.15) is 13.2 Å². The van der Waals surface area contributed by atoms with Crippen LogP contribution in [0.1, 0.15) is 43.0 Å². The van der Waals surface area contributed by atoms with Gasteiger partial charge in [0.25, 0.3) is 0 Å². The molecule has 0 amide bonds. The van der Waals surface area contributed by atoms with E-state index in [1.54, 1.807) is 25.1 Å². The highest BCUT2D eigenvalue weighted by Gasteiger charge is 2.59. The summed E-state index contributed by atoms with van der Waals surface area (Å²) in [6, 6.07) is 7.78. The molecule has 0 spiro atoms. The monoisotopic (exact) mass is 354 g/mol. The average Bonchev–Trinajstić information content (AvgIpc) is 2.50. The molecule has 0 aliphatic carbocycles. The fourth-order valence-corrected chi connectivity index (χ4v) is 3.58. The van der Waals surface area contributed by atoms with Crippen molar-refractivity contribution >= 4 is 23.1 Å². The summed E-state index contributed by atoms with van der Waals surface area (Å²) in [5.41, 5.74) is -0.661. The first-order valence-electron chi connectivity index (χ1n) is 7.91. The largest absolute Gasteiger partial charge is 0.402 e. The number of hydrogen-bond acceptors (Lipinski definition) is 2. The number of nitrogens with zero attached hydrogens (tertiary/aromatic N) is 1. The first kappa shape index (κ1) is 17.1. The van der Waals surface area contributed by atoms with Crippen molar-refractivity contribution < 1.29 is 13.2 Å². The van der Waals surface area contributed by atoms with Gasteiger partial charge >= 0.3 is 6.18 Å². The molecule has 1 N–H and O–H groups in total. The van der Waals surface area contributed by atoms with Crippen molar-refractivity contribution in [2.45, 2.75) is 44.7 Å². The van der Waals surface area contributed by atoms with Crippen molar-refractivity contribution in [3.63, 3.8) is 0 Å². The van der Waals surface area contributed by atoms with E-state index < -0.39 is 11.6 Å². The molecular weight excluding hydrogens is 337 g/mol. The van der Waals surface area contributed by atoms with E-state index in [9.17, 15) is 13.2 Å². The quantitative estimate of drug-likeness (QED) is 0.716. The molecule has 1 aliphatic heterocycles. The molecule has 1 aromatic carbocycles. The molecule has 1 aromatic heterocycles. The zero-order valence-corrected chi connectivity index (χ0v) is 14.2. The number of alkyl halides is 3. The minimum Gasteiger partial charge on any atom is -0.340 e. The Morgan fingerprint density at radius 3 is 2.58 bits per heavy atom. The number of benzene rings is 1. The molecule has 1 unspecified atom stereocenters. The molecule has 2 nitrogen and oxygen atoms in total. The molecule has 2 heterocycles. The highest BCUT2D eigenvalue weighted by atomic mass is 35.5. The summed E-state index contributed by atoms with van der Waals surface area (Å²) in [4.78, 5) is 4.31. The van der Waals surface area contributed by atoms with Gasteiger partial charge in [0, 0.05) is 22.0 Å². The van der Waals surface area contributed by atoms with Crippen molar-refractivity contribution in [3.05, 3.63) is 52.2 Å². The lowest BCUT2D eigenvalue weighted by Crippen LogP contribution is -2.46. The van der Waals surface area contributed by atoms with Crippen LogP contribution < -0.4 is 5.32 Å². The fourth-order valence-electron chi connectivity index (χ4n) is 3.41. The highest BCUT2D eigenvalue weighted by Crippen LogP contribution is 2.56. The third kappa shape index (κ3) is 2.55. The number of rotatable bonds is 3.